The first-order chi connectivity index (χ1) is 15.3. The highest BCUT2D eigenvalue weighted by Crippen LogP contribution is 2.37. The van der Waals surface area contributed by atoms with Crippen LogP contribution in [0.4, 0.5) is 4.39 Å². The molecule has 32 heavy (non-hydrogen) atoms. The maximum atomic E-state index is 13.2. The van der Waals surface area contributed by atoms with E-state index >= 15 is 0 Å². The standard InChI is InChI=1S/C23H35FN4O2S2/c1-4-15-27(3)22(25-2)26-19-23(12-6-5-7-18-31)13-16-28(17-14-23)32(29,30)21-10-8-20(24)9-11-21/h5-11,18,31H,4,12-17,19H2,1-3H3,(H,25,26)/b6-5-,18-7-. The van der Waals surface area contributed by atoms with Gasteiger partial charge in [0.1, 0.15) is 5.82 Å². The van der Waals surface area contributed by atoms with Crippen LogP contribution < -0.4 is 5.32 Å². The van der Waals surface area contributed by atoms with Gasteiger partial charge in [0.25, 0.3) is 0 Å². The predicted molar refractivity (Wildman–Crippen MR) is 133 cm³/mol. The molecule has 178 valence electrons. The van der Waals surface area contributed by atoms with E-state index in [1.54, 1.807) is 12.5 Å². The number of nitrogens with one attached hydrogen (secondary N) is 1. The van der Waals surface area contributed by atoms with Crippen molar-refractivity contribution >= 4 is 28.6 Å². The third-order valence-electron chi connectivity index (χ3n) is 5.87. The van der Waals surface area contributed by atoms with Gasteiger partial charge in [-0.3, -0.25) is 4.99 Å². The minimum Gasteiger partial charge on any atom is -0.356 e. The van der Waals surface area contributed by atoms with E-state index < -0.39 is 15.8 Å². The minimum absolute atomic E-state index is 0.0985. The molecule has 0 aromatic heterocycles. The predicted octanol–water partition coefficient (Wildman–Crippen LogP) is 3.90. The molecule has 2 rings (SSSR count). The molecular formula is C23H35FN4O2S2. The lowest BCUT2D eigenvalue weighted by Gasteiger charge is -2.41. The number of piperidine rings is 1. The largest absolute Gasteiger partial charge is 0.356 e. The fourth-order valence-electron chi connectivity index (χ4n) is 3.95. The SMILES string of the molecule is CCCN(C)C(=NC)NCC1(C/C=C\C=C/S)CCN(S(=O)(=O)c2ccc(F)cc2)CC1. The second-order valence-corrected chi connectivity index (χ2v) is 10.4. The number of thiol groups is 1. The van der Waals surface area contributed by atoms with Crippen LogP contribution in [-0.2, 0) is 10.0 Å². The molecule has 6 nitrogen and oxygen atoms in total. The summed E-state index contributed by atoms with van der Waals surface area (Å²) >= 11 is 4.09. The van der Waals surface area contributed by atoms with E-state index in [0.717, 1.165) is 25.3 Å². The van der Waals surface area contributed by atoms with Crippen molar-refractivity contribution in [3.05, 3.63) is 53.7 Å². The summed E-state index contributed by atoms with van der Waals surface area (Å²) in [7, 11) is 0.149. The number of hydrogen-bond acceptors (Lipinski definition) is 4. The first kappa shape index (κ1) is 26.4. The number of sulfonamides is 1. The number of aliphatic imine (C=N–C) groups is 1. The third-order valence-corrected chi connectivity index (χ3v) is 7.96. The summed E-state index contributed by atoms with van der Waals surface area (Å²) in [4.78, 5) is 6.62. The fourth-order valence-corrected chi connectivity index (χ4v) is 5.49. The van der Waals surface area contributed by atoms with E-state index in [9.17, 15) is 12.8 Å². The van der Waals surface area contributed by atoms with Crippen LogP contribution in [0, 0.1) is 11.2 Å². The minimum atomic E-state index is -3.64. The number of hydrogen-bond donors (Lipinski definition) is 2. The van der Waals surface area contributed by atoms with Gasteiger partial charge in [0.05, 0.1) is 4.90 Å². The molecule has 0 unspecified atom stereocenters. The number of nitrogens with zero attached hydrogens (tertiary/aromatic N) is 3. The van der Waals surface area contributed by atoms with Crippen molar-refractivity contribution in [2.45, 2.75) is 37.5 Å². The van der Waals surface area contributed by atoms with Crippen LogP contribution in [0.1, 0.15) is 32.6 Å². The van der Waals surface area contributed by atoms with Gasteiger partial charge in [0.15, 0.2) is 5.96 Å². The molecule has 0 amide bonds. The Balaban J connectivity index is 2.14. The van der Waals surface area contributed by atoms with Crippen molar-refractivity contribution in [1.29, 1.82) is 0 Å². The molecule has 0 atom stereocenters. The molecule has 1 aromatic rings. The topological polar surface area (TPSA) is 65.0 Å². The van der Waals surface area contributed by atoms with Gasteiger partial charge in [-0.05, 0) is 60.8 Å². The zero-order valence-corrected chi connectivity index (χ0v) is 20.9. The zero-order chi connectivity index (χ0) is 23.6. The van der Waals surface area contributed by atoms with Crippen molar-refractivity contribution in [3.63, 3.8) is 0 Å². The Bertz CT molecular complexity index is 906. The lowest BCUT2D eigenvalue weighted by Crippen LogP contribution is -2.50. The van der Waals surface area contributed by atoms with Crippen molar-refractivity contribution < 1.29 is 12.8 Å². The van der Waals surface area contributed by atoms with E-state index in [4.69, 9.17) is 0 Å². The molecule has 0 aliphatic carbocycles. The van der Waals surface area contributed by atoms with E-state index in [1.165, 1.54) is 28.6 Å². The number of benzene rings is 1. The third kappa shape index (κ3) is 7.08. The van der Waals surface area contributed by atoms with E-state index in [2.05, 4.69) is 40.8 Å². The molecule has 1 N–H and O–H groups in total. The molecule has 1 saturated heterocycles. The first-order valence-corrected chi connectivity index (χ1v) is 12.9. The molecule has 0 radical (unpaired) electrons. The Morgan fingerprint density at radius 1 is 1.28 bits per heavy atom. The van der Waals surface area contributed by atoms with E-state index in [0.29, 0.717) is 32.5 Å². The van der Waals surface area contributed by atoms with Crippen LogP contribution in [0.25, 0.3) is 0 Å². The fraction of sp³-hybridized carbons (Fsp3) is 0.522. The summed E-state index contributed by atoms with van der Waals surface area (Å²) in [5.74, 6) is 0.392. The second-order valence-electron chi connectivity index (χ2n) is 8.15. The normalized spacial score (nSPS) is 17.8. The van der Waals surface area contributed by atoms with Crippen molar-refractivity contribution in [1.82, 2.24) is 14.5 Å². The molecule has 1 heterocycles. The number of halogens is 1. The van der Waals surface area contributed by atoms with Crippen LogP contribution in [-0.4, -0.2) is 63.9 Å². The Hall–Kier alpha value is -1.84. The molecule has 1 aliphatic heterocycles. The lowest BCUT2D eigenvalue weighted by atomic mass is 9.76. The van der Waals surface area contributed by atoms with Gasteiger partial charge >= 0.3 is 0 Å². The van der Waals surface area contributed by atoms with Gasteiger partial charge in [-0.15, -0.1) is 0 Å². The quantitative estimate of drug-likeness (QED) is 0.243. The maximum Gasteiger partial charge on any atom is 0.243 e. The summed E-state index contributed by atoms with van der Waals surface area (Å²) < 4.78 is 40.8. The highest BCUT2D eigenvalue weighted by molar-refractivity contribution is 7.89. The average molecular weight is 483 g/mol. The summed E-state index contributed by atoms with van der Waals surface area (Å²) in [6, 6.07) is 5.02. The molecule has 9 heteroatoms. The summed E-state index contributed by atoms with van der Waals surface area (Å²) in [5, 5.41) is 5.18. The van der Waals surface area contributed by atoms with Gasteiger partial charge in [-0.1, -0.05) is 25.2 Å². The van der Waals surface area contributed by atoms with Crippen LogP contribution >= 0.6 is 12.6 Å². The number of rotatable bonds is 9. The molecular weight excluding hydrogens is 447 g/mol. The van der Waals surface area contributed by atoms with Gasteiger partial charge in [-0.25, -0.2) is 12.8 Å². The Labute approximate surface area is 197 Å². The highest BCUT2D eigenvalue weighted by Gasteiger charge is 2.38. The molecule has 1 fully saturated rings. The molecule has 0 bridgehead atoms. The van der Waals surface area contributed by atoms with Crippen LogP contribution in [0.3, 0.4) is 0 Å². The molecule has 0 spiro atoms. The van der Waals surface area contributed by atoms with Crippen LogP contribution in [0.5, 0.6) is 0 Å². The molecule has 1 aromatic carbocycles. The summed E-state index contributed by atoms with van der Waals surface area (Å²) in [6.45, 7) is 4.57. The number of allylic oxidation sites excluding steroid dienone is 3. The monoisotopic (exact) mass is 482 g/mol. The zero-order valence-electron chi connectivity index (χ0n) is 19.2. The Kier molecular flexibility index (Phi) is 10.2. The highest BCUT2D eigenvalue weighted by atomic mass is 32.2. The van der Waals surface area contributed by atoms with Crippen molar-refractivity contribution in [3.8, 4) is 0 Å². The van der Waals surface area contributed by atoms with Gasteiger partial charge in [0, 0.05) is 40.3 Å². The van der Waals surface area contributed by atoms with Crippen molar-refractivity contribution in [2.24, 2.45) is 10.4 Å². The summed E-state index contributed by atoms with van der Waals surface area (Å²) in [5.41, 5.74) is -0.0985. The number of guanidine groups is 1. The van der Waals surface area contributed by atoms with Gasteiger partial charge in [0.2, 0.25) is 10.0 Å². The van der Waals surface area contributed by atoms with Crippen LogP contribution in [0.15, 0.2) is 57.8 Å². The lowest BCUT2D eigenvalue weighted by molar-refractivity contribution is 0.157. The Morgan fingerprint density at radius 2 is 1.94 bits per heavy atom. The first-order valence-electron chi connectivity index (χ1n) is 10.9. The van der Waals surface area contributed by atoms with Gasteiger partial charge in [-0.2, -0.15) is 16.9 Å². The van der Waals surface area contributed by atoms with Crippen molar-refractivity contribution in [2.75, 3.05) is 40.3 Å². The molecule has 1 aliphatic rings. The second kappa shape index (κ2) is 12.4. The van der Waals surface area contributed by atoms with E-state index in [1.807, 2.05) is 19.2 Å². The van der Waals surface area contributed by atoms with Crippen LogP contribution in [0.2, 0.25) is 0 Å². The van der Waals surface area contributed by atoms with E-state index in [-0.39, 0.29) is 10.3 Å². The average Bonchev–Trinajstić information content (AvgIpc) is 2.78. The smallest absolute Gasteiger partial charge is 0.243 e. The van der Waals surface area contributed by atoms with Gasteiger partial charge < -0.3 is 10.2 Å². The summed E-state index contributed by atoms with van der Waals surface area (Å²) in [6.07, 6.45) is 9.21. The maximum absolute atomic E-state index is 13.2. The Morgan fingerprint density at radius 3 is 2.50 bits per heavy atom. The molecule has 0 saturated carbocycles.